The second kappa shape index (κ2) is 8.06. The number of benzene rings is 1. The van der Waals surface area contributed by atoms with Gasteiger partial charge in [0.15, 0.2) is 5.76 Å². The van der Waals surface area contributed by atoms with E-state index in [9.17, 15) is 9.59 Å². The number of hydrogen-bond donors (Lipinski definition) is 3. The first-order chi connectivity index (χ1) is 13.7. The number of nitrogens with two attached hydrogens (primary N) is 1. The van der Waals surface area contributed by atoms with Crippen molar-refractivity contribution in [1.29, 1.82) is 5.41 Å². The molecule has 0 radical (unpaired) electrons. The van der Waals surface area contributed by atoms with Gasteiger partial charge in [0.1, 0.15) is 5.84 Å². The predicted octanol–water partition coefficient (Wildman–Crippen LogP) is 2.62. The van der Waals surface area contributed by atoms with E-state index in [-0.39, 0.29) is 24.1 Å². The number of carbonyl (C=O) groups is 2. The number of rotatable bonds is 6. The fourth-order valence-electron chi connectivity index (χ4n) is 3.61. The second-order valence-electron chi connectivity index (χ2n) is 8.03. The van der Waals surface area contributed by atoms with Crippen LogP contribution in [-0.4, -0.2) is 46.0 Å². The lowest BCUT2D eigenvalue weighted by Gasteiger charge is -2.36. The van der Waals surface area contributed by atoms with E-state index in [1.807, 2.05) is 13.8 Å². The molecule has 0 spiro atoms. The molecule has 0 atom stereocenters. The summed E-state index contributed by atoms with van der Waals surface area (Å²) < 4.78 is 5.46. The maximum atomic E-state index is 13.1. The molecule has 1 saturated heterocycles. The Labute approximate surface area is 169 Å². The summed E-state index contributed by atoms with van der Waals surface area (Å²) in [5.74, 6) is -0.180. The number of piperidine rings is 1. The molecule has 1 fully saturated rings. The lowest BCUT2D eigenvalue weighted by molar-refractivity contribution is -0.139. The van der Waals surface area contributed by atoms with E-state index < -0.39 is 11.4 Å². The molecule has 8 heteroatoms. The molecule has 154 valence electrons. The van der Waals surface area contributed by atoms with E-state index in [2.05, 4.69) is 5.16 Å². The highest BCUT2D eigenvalue weighted by Gasteiger charge is 2.38. The van der Waals surface area contributed by atoms with Gasteiger partial charge in [0.2, 0.25) is 5.91 Å². The lowest BCUT2D eigenvalue weighted by Crippen LogP contribution is -2.47. The minimum absolute atomic E-state index is 0.00587. The summed E-state index contributed by atoms with van der Waals surface area (Å²) in [4.78, 5) is 25.8. The summed E-state index contributed by atoms with van der Waals surface area (Å²) in [6.07, 6.45) is 1.54. The summed E-state index contributed by atoms with van der Waals surface area (Å²) in [6, 6.07) is 8.82. The van der Waals surface area contributed by atoms with Crippen LogP contribution in [0.25, 0.3) is 11.3 Å². The largest absolute Gasteiger partial charge is 0.481 e. The molecule has 1 aromatic carbocycles. The van der Waals surface area contributed by atoms with Crippen LogP contribution in [0.5, 0.6) is 0 Å². The molecule has 2 aromatic rings. The number of carboxylic acid groups (broad SMARTS) is 1. The van der Waals surface area contributed by atoms with Crippen molar-refractivity contribution in [2.75, 3.05) is 13.1 Å². The number of aromatic nitrogens is 1. The number of aliphatic carboxylic acids is 1. The molecule has 1 amide bonds. The zero-order valence-corrected chi connectivity index (χ0v) is 16.6. The summed E-state index contributed by atoms with van der Waals surface area (Å²) in [5.41, 5.74) is 6.56. The van der Waals surface area contributed by atoms with Crippen LogP contribution in [-0.2, 0) is 15.0 Å². The molecule has 0 unspecified atom stereocenters. The van der Waals surface area contributed by atoms with E-state index >= 15 is 0 Å². The average Bonchev–Trinajstić information content (AvgIpc) is 3.19. The molecule has 0 aliphatic carbocycles. The van der Waals surface area contributed by atoms with Gasteiger partial charge in [0.25, 0.3) is 0 Å². The van der Waals surface area contributed by atoms with Crippen LogP contribution < -0.4 is 5.73 Å². The minimum atomic E-state index is -0.860. The van der Waals surface area contributed by atoms with Crippen molar-refractivity contribution in [3.8, 4) is 11.3 Å². The molecule has 0 saturated carbocycles. The van der Waals surface area contributed by atoms with Gasteiger partial charge in [-0.15, -0.1) is 0 Å². The van der Waals surface area contributed by atoms with Crippen LogP contribution in [0.3, 0.4) is 0 Å². The topological polar surface area (TPSA) is 134 Å². The first kappa shape index (κ1) is 20.6. The van der Waals surface area contributed by atoms with Crippen LogP contribution in [0.15, 0.2) is 34.9 Å². The number of nitrogens with one attached hydrogen (secondary N) is 1. The van der Waals surface area contributed by atoms with Crippen molar-refractivity contribution in [2.45, 2.75) is 38.5 Å². The van der Waals surface area contributed by atoms with Crippen LogP contribution >= 0.6 is 0 Å². The Morgan fingerprint density at radius 2 is 1.90 bits per heavy atom. The summed E-state index contributed by atoms with van der Waals surface area (Å²) in [5, 5.41) is 20.5. The second-order valence-corrected chi connectivity index (χ2v) is 8.03. The highest BCUT2D eigenvalue weighted by molar-refractivity contribution is 5.95. The standard InChI is InChI=1S/C21H26N4O4/c1-21(2,20(28)25-9-7-13(8-10-25)11-18(26)27)17-12-16(29-24-17)14-3-5-15(6-4-14)19(22)23/h3-6,12-13H,7-11H2,1-2H3,(H3,22,23)(H,26,27). The Kier molecular flexibility index (Phi) is 5.72. The van der Waals surface area contributed by atoms with Gasteiger partial charge in [-0.05, 0) is 32.6 Å². The third kappa shape index (κ3) is 4.47. The van der Waals surface area contributed by atoms with Gasteiger partial charge in [-0.1, -0.05) is 29.4 Å². The smallest absolute Gasteiger partial charge is 0.303 e. The third-order valence-electron chi connectivity index (χ3n) is 5.53. The quantitative estimate of drug-likeness (QED) is 0.506. The van der Waals surface area contributed by atoms with Gasteiger partial charge in [-0.25, -0.2) is 0 Å². The molecule has 3 rings (SSSR count). The Morgan fingerprint density at radius 3 is 2.45 bits per heavy atom. The highest BCUT2D eigenvalue weighted by atomic mass is 16.5. The van der Waals surface area contributed by atoms with Gasteiger partial charge >= 0.3 is 5.97 Å². The Bertz CT molecular complexity index is 909. The van der Waals surface area contributed by atoms with Crippen molar-refractivity contribution >= 4 is 17.7 Å². The van der Waals surface area contributed by atoms with Crippen molar-refractivity contribution in [3.05, 3.63) is 41.6 Å². The predicted molar refractivity (Wildman–Crippen MR) is 108 cm³/mol. The number of nitrogens with zero attached hydrogens (tertiary/aromatic N) is 2. The molecule has 1 aliphatic heterocycles. The molecule has 4 N–H and O–H groups in total. The zero-order chi connectivity index (χ0) is 21.2. The number of nitrogen functional groups attached to an aromatic ring is 1. The van der Waals surface area contributed by atoms with E-state index in [0.717, 1.165) is 5.56 Å². The number of carboxylic acids is 1. The fraction of sp³-hybridized carbons (Fsp3) is 0.429. The van der Waals surface area contributed by atoms with Crippen LogP contribution in [0.1, 0.15) is 44.4 Å². The van der Waals surface area contributed by atoms with Crippen LogP contribution in [0, 0.1) is 11.3 Å². The molecule has 1 aliphatic rings. The maximum Gasteiger partial charge on any atom is 0.303 e. The number of amidine groups is 1. The molecule has 0 bridgehead atoms. The SMILES string of the molecule is CC(C)(C(=O)N1CCC(CC(=O)O)CC1)c1cc(-c2ccc(C(=N)N)cc2)on1. The number of amides is 1. The number of likely N-dealkylation sites (tertiary alicyclic amines) is 1. The van der Waals surface area contributed by atoms with Crippen LogP contribution in [0.4, 0.5) is 0 Å². The minimum Gasteiger partial charge on any atom is -0.481 e. The zero-order valence-electron chi connectivity index (χ0n) is 16.6. The van der Waals surface area contributed by atoms with Gasteiger partial charge < -0.3 is 20.3 Å². The van der Waals surface area contributed by atoms with Gasteiger partial charge in [0, 0.05) is 36.7 Å². The maximum absolute atomic E-state index is 13.1. The summed E-state index contributed by atoms with van der Waals surface area (Å²) in [6.45, 7) is 4.74. The van der Waals surface area contributed by atoms with E-state index in [1.54, 1.807) is 35.2 Å². The molecule has 8 nitrogen and oxygen atoms in total. The van der Waals surface area contributed by atoms with Crippen LogP contribution in [0.2, 0.25) is 0 Å². The first-order valence-electron chi connectivity index (χ1n) is 9.61. The van der Waals surface area contributed by atoms with Gasteiger partial charge in [0.05, 0.1) is 11.1 Å². The van der Waals surface area contributed by atoms with Gasteiger partial charge in [-0.2, -0.15) is 0 Å². The van der Waals surface area contributed by atoms with Gasteiger partial charge in [-0.3, -0.25) is 15.0 Å². The van der Waals surface area contributed by atoms with E-state index in [0.29, 0.717) is 42.9 Å². The fourth-order valence-corrected chi connectivity index (χ4v) is 3.61. The Hall–Kier alpha value is -3.16. The Morgan fingerprint density at radius 1 is 1.28 bits per heavy atom. The normalized spacial score (nSPS) is 15.3. The summed E-state index contributed by atoms with van der Waals surface area (Å²) in [7, 11) is 0. The Balaban J connectivity index is 1.70. The third-order valence-corrected chi connectivity index (χ3v) is 5.53. The average molecular weight is 398 g/mol. The first-order valence-corrected chi connectivity index (χ1v) is 9.61. The molecule has 1 aromatic heterocycles. The van der Waals surface area contributed by atoms with Crippen molar-refractivity contribution in [1.82, 2.24) is 10.1 Å². The van der Waals surface area contributed by atoms with E-state index in [4.69, 9.17) is 20.8 Å². The molecule has 29 heavy (non-hydrogen) atoms. The molecular formula is C21H26N4O4. The lowest BCUT2D eigenvalue weighted by atomic mass is 9.85. The molecule has 2 heterocycles. The van der Waals surface area contributed by atoms with Crippen molar-refractivity contribution in [3.63, 3.8) is 0 Å². The van der Waals surface area contributed by atoms with E-state index in [1.165, 1.54) is 0 Å². The number of hydrogen-bond acceptors (Lipinski definition) is 5. The monoisotopic (exact) mass is 398 g/mol. The summed E-state index contributed by atoms with van der Waals surface area (Å²) >= 11 is 0. The number of carbonyl (C=O) groups excluding carboxylic acids is 1. The van der Waals surface area contributed by atoms with Crippen molar-refractivity contribution < 1.29 is 19.2 Å². The molecular weight excluding hydrogens is 372 g/mol. The van der Waals surface area contributed by atoms with Crippen molar-refractivity contribution in [2.24, 2.45) is 11.7 Å². The highest BCUT2D eigenvalue weighted by Crippen LogP contribution is 2.31.